The second kappa shape index (κ2) is 5.89. The molecule has 5 nitrogen and oxygen atoms in total. The third-order valence-electron chi connectivity index (χ3n) is 3.70. The Morgan fingerprint density at radius 2 is 2.24 bits per heavy atom. The van der Waals surface area contributed by atoms with Gasteiger partial charge < -0.3 is 5.32 Å². The van der Waals surface area contributed by atoms with Gasteiger partial charge >= 0.3 is 0 Å². The molecule has 1 atom stereocenters. The molecule has 3 rings (SSSR count). The molecule has 2 heterocycles. The Balaban J connectivity index is 1.69. The number of benzene rings is 1. The van der Waals surface area contributed by atoms with E-state index in [-0.39, 0.29) is 17.1 Å². The van der Waals surface area contributed by atoms with Gasteiger partial charge in [0.25, 0.3) is 5.91 Å². The summed E-state index contributed by atoms with van der Waals surface area (Å²) < 4.78 is 0. The van der Waals surface area contributed by atoms with Gasteiger partial charge in [-0.15, -0.1) is 0 Å². The molecule has 0 spiro atoms. The highest BCUT2D eigenvalue weighted by Crippen LogP contribution is 2.27. The molecule has 1 fully saturated rings. The molecule has 2 aliphatic heterocycles. The van der Waals surface area contributed by atoms with Crippen LogP contribution in [-0.2, 0) is 16.0 Å². The molecule has 1 N–H and O–H groups in total. The predicted octanol–water partition coefficient (Wildman–Crippen LogP) is 1.57. The Labute approximate surface area is 127 Å². The number of rotatable bonds is 3. The van der Waals surface area contributed by atoms with Gasteiger partial charge in [0.2, 0.25) is 5.12 Å². The number of amides is 1. The summed E-state index contributed by atoms with van der Waals surface area (Å²) in [6.07, 6.45) is 1.64. The van der Waals surface area contributed by atoms with Gasteiger partial charge in [-0.3, -0.25) is 14.6 Å². The van der Waals surface area contributed by atoms with Gasteiger partial charge in [-0.2, -0.15) is 5.10 Å². The van der Waals surface area contributed by atoms with E-state index in [1.165, 1.54) is 17.3 Å². The first-order chi connectivity index (χ1) is 10.1. The minimum absolute atomic E-state index is 0.0441. The normalized spacial score (nSPS) is 21.6. The molecule has 0 aromatic heterocycles. The summed E-state index contributed by atoms with van der Waals surface area (Å²) in [5.41, 5.74) is 2.69. The largest absolute Gasteiger partial charge is 0.340 e. The number of hydrazone groups is 1. The Kier molecular flexibility index (Phi) is 3.96. The van der Waals surface area contributed by atoms with Crippen molar-refractivity contribution in [3.05, 3.63) is 29.8 Å². The van der Waals surface area contributed by atoms with Crippen LogP contribution in [0.4, 0.5) is 5.69 Å². The van der Waals surface area contributed by atoms with Crippen LogP contribution in [0.1, 0.15) is 18.9 Å². The van der Waals surface area contributed by atoms with Crippen molar-refractivity contribution in [1.29, 1.82) is 0 Å². The van der Waals surface area contributed by atoms with Crippen molar-refractivity contribution in [3.8, 4) is 0 Å². The topological polar surface area (TPSA) is 61.8 Å². The monoisotopic (exact) mass is 303 g/mol. The van der Waals surface area contributed by atoms with Crippen molar-refractivity contribution in [2.75, 3.05) is 17.3 Å². The van der Waals surface area contributed by atoms with Crippen molar-refractivity contribution >= 4 is 34.2 Å². The second-order valence-corrected chi connectivity index (χ2v) is 6.27. The Hall–Kier alpha value is -1.82. The van der Waals surface area contributed by atoms with E-state index in [9.17, 15) is 9.59 Å². The zero-order valence-electron chi connectivity index (χ0n) is 11.8. The molecule has 21 heavy (non-hydrogen) atoms. The predicted molar refractivity (Wildman–Crippen MR) is 84.6 cm³/mol. The van der Waals surface area contributed by atoms with E-state index >= 15 is 0 Å². The summed E-state index contributed by atoms with van der Waals surface area (Å²) in [5, 5.41) is 9.06. The number of carbonyl (C=O) groups is 2. The molecule has 1 amide bonds. The number of anilines is 1. The fraction of sp³-hybridized carbons (Fsp3) is 0.400. The molecule has 6 heteroatoms. The minimum atomic E-state index is -0.362. The lowest BCUT2D eigenvalue weighted by Crippen LogP contribution is -2.41. The van der Waals surface area contributed by atoms with Crippen LogP contribution in [0.25, 0.3) is 0 Å². The highest BCUT2D eigenvalue weighted by molar-refractivity contribution is 8.14. The molecule has 110 valence electrons. The SMILES string of the molecule is C/C(=N/N1CCc2ccccc21)C(=O)NC1CCSC1=O. The van der Waals surface area contributed by atoms with Gasteiger partial charge in [0.1, 0.15) is 5.71 Å². The third kappa shape index (κ3) is 2.95. The average molecular weight is 303 g/mol. The number of hydrogen-bond donors (Lipinski definition) is 1. The van der Waals surface area contributed by atoms with E-state index < -0.39 is 0 Å². The smallest absolute Gasteiger partial charge is 0.267 e. The van der Waals surface area contributed by atoms with Gasteiger partial charge in [0.15, 0.2) is 0 Å². The second-order valence-electron chi connectivity index (χ2n) is 5.17. The number of carbonyl (C=O) groups excluding carboxylic acids is 2. The Morgan fingerprint density at radius 3 is 3.00 bits per heavy atom. The number of fused-ring (bicyclic) bond motifs is 1. The molecular formula is C15H17N3O2S. The molecule has 0 saturated carbocycles. The maximum absolute atomic E-state index is 12.1. The zero-order chi connectivity index (χ0) is 14.8. The van der Waals surface area contributed by atoms with Crippen molar-refractivity contribution in [1.82, 2.24) is 5.32 Å². The first kappa shape index (κ1) is 14.1. The maximum Gasteiger partial charge on any atom is 0.267 e. The van der Waals surface area contributed by atoms with E-state index in [1.807, 2.05) is 23.2 Å². The van der Waals surface area contributed by atoms with Crippen LogP contribution in [0.3, 0.4) is 0 Å². The molecule has 1 aromatic carbocycles. The molecule has 1 aromatic rings. The van der Waals surface area contributed by atoms with Crippen molar-refractivity contribution in [2.45, 2.75) is 25.8 Å². The summed E-state index contributed by atoms with van der Waals surface area (Å²) in [6.45, 7) is 2.46. The Morgan fingerprint density at radius 1 is 1.43 bits per heavy atom. The van der Waals surface area contributed by atoms with Crippen LogP contribution in [0.5, 0.6) is 0 Å². The van der Waals surface area contributed by atoms with E-state index in [0.29, 0.717) is 12.1 Å². The van der Waals surface area contributed by atoms with Crippen LogP contribution >= 0.6 is 11.8 Å². The molecule has 0 radical (unpaired) electrons. The Bertz CT molecular complexity index is 615. The molecule has 0 aliphatic carbocycles. The standard InChI is InChI=1S/C15H17N3O2S/c1-10(14(19)16-12-7-9-21-15(12)20)17-18-8-6-11-4-2-3-5-13(11)18/h2-5,12H,6-9H2,1H3,(H,16,19)/b17-10-. The van der Waals surface area contributed by atoms with Crippen LogP contribution in [0, 0.1) is 0 Å². The third-order valence-corrected chi connectivity index (χ3v) is 4.71. The van der Waals surface area contributed by atoms with E-state index in [4.69, 9.17) is 0 Å². The first-order valence-corrected chi connectivity index (χ1v) is 8.02. The number of para-hydroxylation sites is 1. The van der Waals surface area contributed by atoms with Gasteiger partial charge in [0, 0.05) is 12.3 Å². The van der Waals surface area contributed by atoms with Gasteiger partial charge in [0.05, 0.1) is 11.7 Å². The number of nitrogens with zero attached hydrogens (tertiary/aromatic N) is 2. The van der Waals surface area contributed by atoms with Crippen LogP contribution in [-0.4, -0.2) is 35.1 Å². The summed E-state index contributed by atoms with van der Waals surface area (Å²) in [6, 6.07) is 7.70. The molecule has 1 unspecified atom stereocenters. The van der Waals surface area contributed by atoms with Crippen LogP contribution in [0.2, 0.25) is 0 Å². The summed E-state index contributed by atoms with van der Waals surface area (Å²) in [7, 11) is 0. The summed E-state index contributed by atoms with van der Waals surface area (Å²) in [5.74, 6) is 0.514. The number of hydrogen-bond acceptors (Lipinski definition) is 5. The molecule has 2 aliphatic rings. The molecule has 1 saturated heterocycles. The van der Waals surface area contributed by atoms with E-state index in [2.05, 4.69) is 16.5 Å². The lowest BCUT2D eigenvalue weighted by Gasteiger charge is -2.15. The minimum Gasteiger partial charge on any atom is -0.340 e. The number of nitrogens with one attached hydrogen (secondary N) is 1. The van der Waals surface area contributed by atoms with Crippen LogP contribution < -0.4 is 10.3 Å². The average Bonchev–Trinajstić information content (AvgIpc) is 3.07. The van der Waals surface area contributed by atoms with Gasteiger partial charge in [-0.1, -0.05) is 30.0 Å². The molecule has 0 bridgehead atoms. The van der Waals surface area contributed by atoms with Crippen molar-refractivity contribution < 1.29 is 9.59 Å². The number of thioether (sulfide) groups is 1. The fourth-order valence-corrected chi connectivity index (χ4v) is 3.47. The van der Waals surface area contributed by atoms with Gasteiger partial charge in [-0.05, 0) is 31.4 Å². The van der Waals surface area contributed by atoms with Crippen molar-refractivity contribution in [3.63, 3.8) is 0 Å². The first-order valence-electron chi connectivity index (χ1n) is 7.03. The zero-order valence-corrected chi connectivity index (χ0v) is 12.7. The van der Waals surface area contributed by atoms with E-state index in [0.717, 1.165) is 24.4 Å². The lowest BCUT2D eigenvalue weighted by molar-refractivity contribution is -0.119. The molecular weight excluding hydrogens is 286 g/mol. The lowest BCUT2D eigenvalue weighted by atomic mass is 10.2. The van der Waals surface area contributed by atoms with Crippen LogP contribution in [0.15, 0.2) is 29.4 Å². The summed E-state index contributed by atoms with van der Waals surface area (Å²) in [4.78, 5) is 23.7. The quantitative estimate of drug-likeness (QED) is 0.861. The highest BCUT2D eigenvalue weighted by atomic mass is 32.2. The van der Waals surface area contributed by atoms with E-state index in [1.54, 1.807) is 6.92 Å². The maximum atomic E-state index is 12.1. The summed E-state index contributed by atoms with van der Waals surface area (Å²) >= 11 is 1.28. The van der Waals surface area contributed by atoms with Gasteiger partial charge in [-0.25, -0.2) is 0 Å². The highest BCUT2D eigenvalue weighted by Gasteiger charge is 2.27. The van der Waals surface area contributed by atoms with Crippen molar-refractivity contribution in [2.24, 2.45) is 5.10 Å². The fourth-order valence-electron chi connectivity index (χ4n) is 2.54.